The summed E-state index contributed by atoms with van der Waals surface area (Å²) in [7, 11) is 0. The molecule has 0 aromatic carbocycles. The highest BCUT2D eigenvalue weighted by atomic mass is 16.6. The van der Waals surface area contributed by atoms with Crippen LogP contribution < -0.4 is 0 Å². The van der Waals surface area contributed by atoms with Gasteiger partial charge in [-0.05, 0) is 32.1 Å². The molecule has 3 atom stereocenters. The minimum Gasteiger partial charge on any atom is -0.456 e. The lowest BCUT2D eigenvalue weighted by atomic mass is 9.57. The second-order valence-corrected chi connectivity index (χ2v) is 6.75. The number of hydrogen-bond acceptors (Lipinski definition) is 5. The van der Waals surface area contributed by atoms with E-state index in [2.05, 4.69) is 6.58 Å². The lowest BCUT2D eigenvalue weighted by molar-refractivity contribution is -0.187. The van der Waals surface area contributed by atoms with Gasteiger partial charge in [0.2, 0.25) is 0 Å². The number of carbonyl (C=O) groups excluding carboxylic acids is 2. The van der Waals surface area contributed by atoms with Gasteiger partial charge in [-0.15, -0.1) is 0 Å². The summed E-state index contributed by atoms with van der Waals surface area (Å²) in [5.74, 6) is -0.780. The van der Waals surface area contributed by atoms with Crippen molar-refractivity contribution >= 4 is 11.9 Å². The molecule has 3 unspecified atom stereocenters. The van der Waals surface area contributed by atoms with Gasteiger partial charge in [0.25, 0.3) is 0 Å². The molecule has 4 rings (SSSR count). The molecule has 0 spiro atoms. The van der Waals surface area contributed by atoms with Gasteiger partial charge in [-0.2, -0.15) is 0 Å². The molecule has 0 aromatic rings. The van der Waals surface area contributed by atoms with Crippen LogP contribution in [0.4, 0.5) is 0 Å². The van der Waals surface area contributed by atoms with Crippen LogP contribution >= 0.6 is 0 Å². The predicted molar refractivity (Wildman–Crippen MR) is 74.2 cm³/mol. The van der Waals surface area contributed by atoms with E-state index in [1.165, 1.54) is 12.5 Å². The smallest absolute Gasteiger partial charge is 0.344 e. The summed E-state index contributed by atoms with van der Waals surface area (Å²) in [6.07, 6.45) is 5.60. The molecule has 2 saturated carbocycles. The zero-order valence-electron chi connectivity index (χ0n) is 12.2. The number of aliphatic hydroxyl groups is 1. The van der Waals surface area contributed by atoms with E-state index in [1.54, 1.807) is 0 Å². The average Bonchev–Trinajstić information content (AvgIpc) is 2.31. The quantitative estimate of drug-likeness (QED) is 0.484. The topological polar surface area (TPSA) is 72.8 Å². The molecule has 4 bridgehead atoms. The van der Waals surface area contributed by atoms with E-state index in [-0.39, 0.29) is 5.57 Å². The Balaban J connectivity index is 1.63. The first kappa shape index (κ1) is 14.3. The van der Waals surface area contributed by atoms with Gasteiger partial charge in [-0.1, -0.05) is 18.2 Å². The summed E-state index contributed by atoms with van der Waals surface area (Å²) in [6, 6.07) is 0. The Morgan fingerprint density at radius 3 is 2.86 bits per heavy atom. The van der Waals surface area contributed by atoms with Crippen molar-refractivity contribution in [2.24, 2.45) is 5.92 Å². The van der Waals surface area contributed by atoms with Crippen molar-refractivity contribution in [3.63, 3.8) is 0 Å². The van der Waals surface area contributed by atoms with E-state index in [1.807, 2.05) is 6.08 Å². The standard InChI is InChI=1S/C16H20O5/c1-10(2)14(18)20-8-13(17)21-16-6-11-3-12(7-16)5-15(19,4-11)9-16/h4,12,19H,1,3,5-9H2,2H3. The van der Waals surface area contributed by atoms with Crippen molar-refractivity contribution in [3.05, 3.63) is 23.8 Å². The van der Waals surface area contributed by atoms with Crippen LogP contribution in [0.25, 0.3) is 0 Å². The Bertz CT molecular complexity index is 549. The summed E-state index contributed by atoms with van der Waals surface area (Å²) < 4.78 is 10.4. The minimum absolute atomic E-state index is 0.247. The van der Waals surface area contributed by atoms with Gasteiger partial charge >= 0.3 is 11.9 Å². The normalized spacial score (nSPS) is 36.1. The Labute approximate surface area is 123 Å². The molecule has 4 aliphatic rings. The summed E-state index contributed by atoms with van der Waals surface area (Å²) >= 11 is 0. The van der Waals surface area contributed by atoms with Crippen molar-refractivity contribution in [2.45, 2.75) is 50.2 Å². The van der Waals surface area contributed by atoms with Gasteiger partial charge in [0.05, 0.1) is 5.60 Å². The van der Waals surface area contributed by atoms with E-state index in [0.717, 1.165) is 19.3 Å². The maximum atomic E-state index is 11.9. The Hall–Kier alpha value is -1.62. The van der Waals surface area contributed by atoms with Crippen LogP contribution in [-0.4, -0.2) is 34.9 Å². The zero-order chi connectivity index (χ0) is 15.3. The molecular formula is C16H20O5. The van der Waals surface area contributed by atoms with Crippen LogP contribution in [-0.2, 0) is 19.1 Å². The van der Waals surface area contributed by atoms with Crippen LogP contribution in [0, 0.1) is 5.92 Å². The van der Waals surface area contributed by atoms with Crippen LogP contribution in [0.2, 0.25) is 0 Å². The molecule has 0 aromatic heterocycles. The average molecular weight is 292 g/mol. The monoisotopic (exact) mass is 292 g/mol. The molecule has 21 heavy (non-hydrogen) atoms. The molecule has 0 saturated heterocycles. The largest absolute Gasteiger partial charge is 0.456 e. The van der Waals surface area contributed by atoms with E-state index in [9.17, 15) is 14.7 Å². The lowest BCUT2D eigenvalue weighted by Crippen LogP contribution is -2.56. The zero-order valence-corrected chi connectivity index (χ0v) is 12.2. The van der Waals surface area contributed by atoms with Crippen LogP contribution in [0.3, 0.4) is 0 Å². The van der Waals surface area contributed by atoms with Gasteiger partial charge in [0.15, 0.2) is 6.61 Å². The van der Waals surface area contributed by atoms with Gasteiger partial charge in [-0.25, -0.2) is 9.59 Å². The van der Waals surface area contributed by atoms with E-state index in [0.29, 0.717) is 18.8 Å². The van der Waals surface area contributed by atoms with Crippen molar-refractivity contribution in [3.8, 4) is 0 Å². The van der Waals surface area contributed by atoms with Gasteiger partial charge < -0.3 is 14.6 Å². The number of hydrogen-bond donors (Lipinski definition) is 1. The van der Waals surface area contributed by atoms with Crippen LogP contribution in [0.15, 0.2) is 23.8 Å². The maximum Gasteiger partial charge on any atom is 0.344 e. The molecule has 1 N–H and O–H groups in total. The molecule has 5 nitrogen and oxygen atoms in total. The van der Waals surface area contributed by atoms with E-state index < -0.39 is 29.7 Å². The number of carbonyl (C=O) groups is 2. The first-order valence-corrected chi connectivity index (χ1v) is 7.27. The highest BCUT2D eigenvalue weighted by molar-refractivity contribution is 5.88. The molecule has 0 heterocycles. The summed E-state index contributed by atoms with van der Waals surface area (Å²) in [5.41, 5.74) is -0.0223. The van der Waals surface area contributed by atoms with E-state index >= 15 is 0 Å². The number of rotatable bonds is 4. The molecule has 0 aliphatic heterocycles. The summed E-state index contributed by atoms with van der Waals surface area (Å²) in [4.78, 5) is 23.2. The molecule has 4 aliphatic carbocycles. The second-order valence-electron chi connectivity index (χ2n) is 6.75. The van der Waals surface area contributed by atoms with Gasteiger partial charge in [-0.3, -0.25) is 0 Å². The minimum atomic E-state index is -0.830. The second kappa shape index (κ2) is 4.70. The van der Waals surface area contributed by atoms with E-state index in [4.69, 9.17) is 9.47 Å². The van der Waals surface area contributed by atoms with Crippen molar-refractivity contribution < 1.29 is 24.2 Å². The summed E-state index contributed by atoms with van der Waals surface area (Å²) in [6.45, 7) is 4.57. The summed E-state index contributed by atoms with van der Waals surface area (Å²) in [5, 5.41) is 10.5. The first-order chi connectivity index (χ1) is 9.79. The fourth-order valence-electron chi connectivity index (χ4n) is 4.17. The van der Waals surface area contributed by atoms with Crippen LogP contribution in [0.5, 0.6) is 0 Å². The molecule has 0 radical (unpaired) electrons. The molecular weight excluding hydrogens is 272 g/mol. The molecule has 114 valence electrons. The molecule has 2 fully saturated rings. The third kappa shape index (κ3) is 2.75. The Morgan fingerprint density at radius 1 is 1.48 bits per heavy atom. The third-order valence-electron chi connectivity index (χ3n) is 4.50. The van der Waals surface area contributed by atoms with Crippen molar-refractivity contribution in [1.29, 1.82) is 0 Å². The van der Waals surface area contributed by atoms with Crippen molar-refractivity contribution in [1.82, 2.24) is 0 Å². The first-order valence-electron chi connectivity index (χ1n) is 7.27. The predicted octanol–water partition coefficient (Wildman–Crippen LogP) is 1.65. The van der Waals surface area contributed by atoms with Gasteiger partial charge in [0.1, 0.15) is 5.60 Å². The Morgan fingerprint density at radius 2 is 2.24 bits per heavy atom. The number of ether oxygens (including phenoxy) is 2. The third-order valence-corrected chi connectivity index (χ3v) is 4.50. The Kier molecular flexibility index (Phi) is 3.20. The SMILES string of the molecule is C=C(C)C(=O)OCC(=O)OC12CC3=CC(O)(CC(C3)C1)C2. The van der Waals surface area contributed by atoms with Gasteiger partial charge in [0, 0.05) is 18.4 Å². The van der Waals surface area contributed by atoms with Crippen molar-refractivity contribution in [2.75, 3.05) is 6.61 Å². The molecule has 5 heteroatoms. The fraction of sp³-hybridized carbons (Fsp3) is 0.625. The molecule has 0 amide bonds. The number of esters is 2. The van der Waals surface area contributed by atoms with Crippen LogP contribution in [0.1, 0.15) is 39.0 Å². The highest BCUT2D eigenvalue weighted by Crippen LogP contribution is 2.55. The maximum absolute atomic E-state index is 11.9. The fourth-order valence-corrected chi connectivity index (χ4v) is 4.17. The lowest BCUT2D eigenvalue weighted by Gasteiger charge is -2.54. The highest BCUT2D eigenvalue weighted by Gasteiger charge is 2.55.